The van der Waals surface area contributed by atoms with Crippen LogP contribution in [0.1, 0.15) is 10.4 Å². The second-order valence-electron chi connectivity index (χ2n) is 7.81. The molecular weight excluding hydrogens is 424 g/mol. The lowest BCUT2D eigenvalue weighted by molar-refractivity contribution is 0.102. The van der Waals surface area contributed by atoms with Gasteiger partial charge in [0.25, 0.3) is 5.91 Å². The van der Waals surface area contributed by atoms with Crippen LogP contribution in [0, 0.1) is 0 Å². The molecule has 7 nitrogen and oxygen atoms in total. The third kappa shape index (κ3) is 4.83. The van der Waals surface area contributed by atoms with Gasteiger partial charge in [0.05, 0.1) is 28.4 Å². The van der Waals surface area contributed by atoms with Crippen LogP contribution in [0.2, 0.25) is 0 Å². The SMILES string of the molecule is Cn1ccc(=Nc2ccc(NC(=O)c3ccc(Nc4cnnc5ccccc45)cc3)cc2)cc1. The molecule has 0 saturated carbocycles. The molecule has 0 aliphatic heterocycles. The predicted molar refractivity (Wildman–Crippen MR) is 134 cm³/mol. The van der Waals surface area contributed by atoms with Crippen molar-refractivity contribution in [1.82, 2.24) is 14.8 Å². The number of fused-ring (bicyclic) bond motifs is 1. The Balaban J connectivity index is 1.25. The molecule has 0 radical (unpaired) electrons. The van der Waals surface area contributed by atoms with Crippen LogP contribution in [0.5, 0.6) is 0 Å². The van der Waals surface area contributed by atoms with Crippen molar-refractivity contribution in [2.45, 2.75) is 0 Å². The lowest BCUT2D eigenvalue weighted by Crippen LogP contribution is -2.11. The molecule has 0 bridgehead atoms. The first-order valence-corrected chi connectivity index (χ1v) is 10.8. The van der Waals surface area contributed by atoms with Crippen LogP contribution in [0.25, 0.3) is 10.9 Å². The van der Waals surface area contributed by atoms with E-state index in [1.54, 1.807) is 18.3 Å². The Morgan fingerprint density at radius 3 is 2.32 bits per heavy atom. The van der Waals surface area contributed by atoms with E-state index in [4.69, 9.17) is 0 Å². The molecule has 1 amide bonds. The highest BCUT2D eigenvalue weighted by Crippen LogP contribution is 2.24. The Kier molecular flexibility index (Phi) is 5.82. The first kappa shape index (κ1) is 21.1. The smallest absolute Gasteiger partial charge is 0.255 e. The third-order valence-corrected chi connectivity index (χ3v) is 5.32. The minimum atomic E-state index is -0.178. The van der Waals surface area contributed by atoms with E-state index in [0.717, 1.165) is 33.3 Å². The van der Waals surface area contributed by atoms with Crippen LogP contribution in [0.15, 0.2) is 109 Å². The summed E-state index contributed by atoms with van der Waals surface area (Å²) >= 11 is 0. The highest BCUT2D eigenvalue weighted by molar-refractivity contribution is 6.04. The van der Waals surface area contributed by atoms with Crippen molar-refractivity contribution in [2.24, 2.45) is 12.0 Å². The molecule has 0 aliphatic carbocycles. The normalized spacial score (nSPS) is 10.6. The van der Waals surface area contributed by atoms with Gasteiger partial charge in [0.1, 0.15) is 0 Å². The lowest BCUT2D eigenvalue weighted by atomic mass is 10.1. The molecule has 7 heteroatoms. The quantitative estimate of drug-likeness (QED) is 0.389. The predicted octanol–water partition coefficient (Wildman–Crippen LogP) is 5.20. The minimum Gasteiger partial charge on any atom is -0.357 e. The number of hydrogen-bond donors (Lipinski definition) is 2. The molecule has 5 aromatic rings. The molecule has 2 heterocycles. The topological polar surface area (TPSA) is 84.2 Å². The Morgan fingerprint density at radius 2 is 1.56 bits per heavy atom. The molecular formula is C27H22N6O. The van der Waals surface area contributed by atoms with E-state index in [0.29, 0.717) is 11.3 Å². The van der Waals surface area contributed by atoms with Crippen molar-refractivity contribution in [3.05, 3.63) is 114 Å². The van der Waals surface area contributed by atoms with E-state index >= 15 is 0 Å². The fourth-order valence-corrected chi connectivity index (χ4v) is 3.51. The molecule has 0 unspecified atom stereocenters. The average molecular weight is 447 g/mol. The summed E-state index contributed by atoms with van der Waals surface area (Å²) in [5.74, 6) is -0.178. The maximum atomic E-state index is 12.7. The number of nitrogens with one attached hydrogen (secondary N) is 2. The van der Waals surface area contributed by atoms with E-state index < -0.39 is 0 Å². The van der Waals surface area contributed by atoms with Gasteiger partial charge in [-0.25, -0.2) is 4.99 Å². The third-order valence-electron chi connectivity index (χ3n) is 5.32. The Hall–Kier alpha value is -4.78. The van der Waals surface area contributed by atoms with Gasteiger partial charge in [-0.1, -0.05) is 18.2 Å². The van der Waals surface area contributed by atoms with Gasteiger partial charge in [0, 0.05) is 41.8 Å². The van der Waals surface area contributed by atoms with E-state index in [-0.39, 0.29) is 5.91 Å². The van der Waals surface area contributed by atoms with E-state index in [9.17, 15) is 4.79 Å². The molecule has 0 saturated heterocycles. The van der Waals surface area contributed by atoms with Crippen molar-refractivity contribution in [3.8, 4) is 0 Å². The fourth-order valence-electron chi connectivity index (χ4n) is 3.51. The van der Waals surface area contributed by atoms with Gasteiger partial charge in [-0.15, -0.1) is 0 Å². The van der Waals surface area contributed by atoms with Gasteiger partial charge in [-0.3, -0.25) is 4.79 Å². The summed E-state index contributed by atoms with van der Waals surface area (Å²) in [6, 6.07) is 26.4. The van der Waals surface area contributed by atoms with E-state index in [1.807, 2.05) is 96.8 Å². The molecule has 0 aliphatic rings. The fraction of sp³-hybridized carbons (Fsp3) is 0.0370. The number of hydrogen-bond acceptors (Lipinski definition) is 5. The van der Waals surface area contributed by atoms with Crippen LogP contribution in [-0.4, -0.2) is 20.7 Å². The number of aromatic nitrogens is 3. The molecule has 2 N–H and O–H groups in total. The standard InChI is InChI=1S/C27H22N6O/c1-33-16-14-23(15-17-33)29-20-10-12-22(13-11-20)31-27(34)19-6-8-21(9-7-19)30-26-18-28-32-25-5-3-2-4-24(25)26/h2-18H,1H3,(H,30,32)(H,31,34). The zero-order chi connectivity index (χ0) is 23.3. The summed E-state index contributed by atoms with van der Waals surface area (Å²) in [7, 11) is 1.96. The second-order valence-corrected chi connectivity index (χ2v) is 7.81. The molecule has 2 aromatic heterocycles. The molecule has 0 fully saturated rings. The van der Waals surface area contributed by atoms with Crippen molar-refractivity contribution in [3.63, 3.8) is 0 Å². The number of nitrogens with zero attached hydrogens (tertiary/aromatic N) is 4. The highest BCUT2D eigenvalue weighted by Gasteiger charge is 2.07. The number of amides is 1. The van der Waals surface area contributed by atoms with Gasteiger partial charge >= 0.3 is 0 Å². The largest absolute Gasteiger partial charge is 0.357 e. The summed E-state index contributed by atoms with van der Waals surface area (Å²) in [4.78, 5) is 17.3. The van der Waals surface area contributed by atoms with Gasteiger partial charge in [0.15, 0.2) is 0 Å². The maximum absolute atomic E-state index is 12.7. The van der Waals surface area contributed by atoms with Crippen LogP contribution >= 0.6 is 0 Å². The van der Waals surface area contributed by atoms with Crippen molar-refractivity contribution < 1.29 is 4.79 Å². The molecule has 3 aromatic carbocycles. The number of carbonyl (C=O) groups excluding carboxylic acids is 1. The summed E-state index contributed by atoms with van der Waals surface area (Å²) in [6.07, 6.45) is 5.59. The van der Waals surface area contributed by atoms with Crippen LogP contribution in [0.4, 0.5) is 22.7 Å². The number of aryl methyl sites for hydroxylation is 1. The van der Waals surface area contributed by atoms with E-state index in [1.165, 1.54) is 0 Å². The summed E-state index contributed by atoms with van der Waals surface area (Å²) in [6.45, 7) is 0. The first-order chi connectivity index (χ1) is 16.6. The second kappa shape index (κ2) is 9.38. The number of benzene rings is 3. The van der Waals surface area contributed by atoms with Gasteiger partial charge in [-0.2, -0.15) is 10.2 Å². The molecule has 0 spiro atoms. The van der Waals surface area contributed by atoms with Crippen LogP contribution in [0.3, 0.4) is 0 Å². The van der Waals surface area contributed by atoms with Crippen LogP contribution in [-0.2, 0) is 7.05 Å². The molecule has 34 heavy (non-hydrogen) atoms. The van der Waals surface area contributed by atoms with Crippen molar-refractivity contribution in [1.29, 1.82) is 0 Å². The number of carbonyl (C=O) groups is 1. The summed E-state index contributed by atoms with van der Waals surface area (Å²) < 4.78 is 1.96. The zero-order valence-electron chi connectivity index (χ0n) is 18.5. The highest BCUT2D eigenvalue weighted by atomic mass is 16.1. The van der Waals surface area contributed by atoms with Crippen molar-refractivity contribution in [2.75, 3.05) is 10.6 Å². The van der Waals surface area contributed by atoms with Gasteiger partial charge < -0.3 is 15.2 Å². The number of pyridine rings is 1. The monoisotopic (exact) mass is 446 g/mol. The van der Waals surface area contributed by atoms with E-state index in [2.05, 4.69) is 25.8 Å². The summed E-state index contributed by atoms with van der Waals surface area (Å²) in [5, 5.41) is 16.3. The first-order valence-electron chi connectivity index (χ1n) is 10.8. The van der Waals surface area contributed by atoms with Crippen LogP contribution < -0.4 is 16.0 Å². The molecule has 166 valence electrons. The Morgan fingerprint density at radius 1 is 0.853 bits per heavy atom. The van der Waals surface area contributed by atoms with Crippen molar-refractivity contribution >= 4 is 39.6 Å². The molecule has 5 rings (SSSR count). The Labute approximate surface area is 196 Å². The Bertz CT molecular complexity index is 1500. The average Bonchev–Trinajstić information content (AvgIpc) is 2.87. The minimum absolute atomic E-state index is 0.178. The lowest BCUT2D eigenvalue weighted by Gasteiger charge is -2.10. The summed E-state index contributed by atoms with van der Waals surface area (Å²) in [5.41, 5.74) is 4.63. The number of anilines is 3. The maximum Gasteiger partial charge on any atom is 0.255 e. The molecule has 0 atom stereocenters. The number of rotatable bonds is 5. The zero-order valence-corrected chi connectivity index (χ0v) is 18.5. The van der Waals surface area contributed by atoms with Gasteiger partial charge in [-0.05, 0) is 66.7 Å². The van der Waals surface area contributed by atoms with Gasteiger partial charge in [0.2, 0.25) is 0 Å².